The molecule has 0 saturated carbocycles. The van der Waals surface area contributed by atoms with Crippen molar-refractivity contribution < 1.29 is 8.81 Å². The Bertz CT molecular complexity index is 795. The van der Waals surface area contributed by atoms with Crippen LogP contribution in [0, 0.1) is 19.7 Å². The van der Waals surface area contributed by atoms with E-state index in [0.717, 1.165) is 22.1 Å². The molecule has 3 nitrogen and oxygen atoms in total. The molecule has 2 aromatic carbocycles. The summed E-state index contributed by atoms with van der Waals surface area (Å²) in [6, 6.07) is 12.6. The first-order valence-corrected chi connectivity index (χ1v) is 6.81. The number of hydrogen-bond acceptors (Lipinski definition) is 3. The van der Waals surface area contributed by atoms with Crippen LogP contribution in [0.4, 0.5) is 4.39 Å². The van der Waals surface area contributed by atoms with Crippen molar-refractivity contribution in [2.45, 2.75) is 19.9 Å². The van der Waals surface area contributed by atoms with Gasteiger partial charge in [-0.25, -0.2) is 9.82 Å². The number of hydrazine groups is 1. The Balaban J connectivity index is 2.06. The van der Waals surface area contributed by atoms with Crippen LogP contribution in [0.15, 0.2) is 46.9 Å². The Morgan fingerprint density at radius 2 is 1.90 bits per heavy atom. The summed E-state index contributed by atoms with van der Waals surface area (Å²) in [7, 11) is 0. The molecule has 0 aliphatic rings. The van der Waals surface area contributed by atoms with Crippen molar-refractivity contribution in [2.24, 2.45) is 5.84 Å². The lowest BCUT2D eigenvalue weighted by molar-refractivity contribution is 0.475. The summed E-state index contributed by atoms with van der Waals surface area (Å²) in [5.74, 6) is 6.06. The smallest absolute Gasteiger partial charge is 0.134 e. The summed E-state index contributed by atoms with van der Waals surface area (Å²) in [4.78, 5) is 0. The Kier molecular flexibility index (Phi) is 3.49. The fraction of sp³-hybridized carbons (Fsp3) is 0.176. The first-order chi connectivity index (χ1) is 10.1. The zero-order chi connectivity index (χ0) is 15.0. The lowest BCUT2D eigenvalue weighted by Gasteiger charge is -2.14. The molecule has 4 heteroatoms. The van der Waals surface area contributed by atoms with Crippen LogP contribution in [0.5, 0.6) is 0 Å². The van der Waals surface area contributed by atoms with Crippen LogP contribution in [0.3, 0.4) is 0 Å². The minimum absolute atomic E-state index is 0.250. The van der Waals surface area contributed by atoms with Crippen LogP contribution in [-0.4, -0.2) is 0 Å². The maximum atomic E-state index is 13.7. The van der Waals surface area contributed by atoms with E-state index in [1.54, 1.807) is 13.0 Å². The molecule has 3 N–H and O–H groups in total. The van der Waals surface area contributed by atoms with Crippen molar-refractivity contribution in [3.8, 4) is 0 Å². The number of hydrogen-bond donors (Lipinski definition) is 2. The zero-order valence-electron chi connectivity index (χ0n) is 12.0. The van der Waals surface area contributed by atoms with E-state index >= 15 is 0 Å². The van der Waals surface area contributed by atoms with E-state index in [4.69, 9.17) is 10.3 Å². The highest BCUT2D eigenvalue weighted by Crippen LogP contribution is 2.29. The highest BCUT2D eigenvalue weighted by Gasteiger charge is 2.18. The lowest BCUT2D eigenvalue weighted by atomic mass is 10.0. The van der Waals surface area contributed by atoms with E-state index < -0.39 is 0 Å². The fourth-order valence-corrected chi connectivity index (χ4v) is 2.46. The second-order valence-corrected chi connectivity index (χ2v) is 5.30. The average molecular weight is 284 g/mol. The molecule has 0 aliphatic carbocycles. The number of aryl methyl sites for hydroxylation is 2. The normalized spacial score (nSPS) is 12.8. The van der Waals surface area contributed by atoms with Gasteiger partial charge in [-0.1, -0.05) is 23.8 Å². The van der Waals surface area contributed by atoms with Crippen molar-refractivity contribution in [1.82, 2.24) is 5.43 Å². The largest absolute Gasteiger partial charge is 0.459 e. The summed E-state index contributed by atoms with van der Waals surface area (Å²) < 4.78 is 19.6. The number of nitrogens with one attached hydrogen (secondary N) is 1. The summed E-state index contributed by atoms with van der Waals surface area (Å²) in [6.07, 6.45) is 0. The second-order valence-electron chi connectivity index (χ2n) is 5.30. The molecule has 0 amide bonds. The number of furan rings is 1. The zero-order valence-corrected chi connectivity index (χ0v) is 12.0. The number of rotatable bonds is 3. The van der Waals surface area contributed by atoms with Crippen LogP contribution < -0.4 is 11.3 Å². The maximum Gasteiger partial charge on any atom is 0.134 e. The average Bonchev–Trinajstić information content (AvgIpc) is 2.86. The molecule has 0 radical (unpaired) electrons. The molecular formula is C17H17FN2O. The van der Waals surface area contributed by atoms with Gasteiger partial charge in [0.05, 0.1) is 0 Å². The Hall–Kier alpha value is -2.17. The molecule has 0 spiro atoms. The first kappa shape index (κ1) is 13.8. The predicted octanol–water partition coefficient (Wildman–Crippen LogP) is 3.74. The summed E-state index contributed by atoms with van der Waals surface area (Å²) >= 11 is 0. The molecule has 1 aromatic heterocycles. The van der Waals surface area contributed by atoms with Crippen LogP contribution in [-0.2, 0) is 0 Å². The third-order valence-electron chi connectivity index (χ3n) is 3.67. The van der Waals surface area contributed by atoms with E-state index in [1.807, 2.05) is 37.3 Å². The summed E-state index contributed by atoms with van der Waals surface area (Å²) in [5.41, 5.74) is 5.99. The van der Waals surface area contributed by atoms with Gasteiger partial charge in [0.1, 0.15) is 23.2 Å². The molecule has 21 heavy (non-hydrogen) atoms. The highest BCUT2D eigenvalue weighted by atomic mass is 19.1. The van der Waals surface area contributed by atoms with Crippen LogP contribution >= 0.6 is 0 Å². The van der Waals surface area contributed by atoms with Crippen LogP contribution in [0.2, 0.25) is 0 Å². The number of nitrogens with two attached hydrogens (primary N) is 1. The topological polar surface area (TPSA) is 51.2 Å². The predicted molar refractivity (Wildman–Crippen MR) is 81.3 cm³/mol. The molecule has 1 atom stereocenters. The monoisotopic (exact) mass is 284 g/mol. The van der Waals surface area contributed by atoms with Gasteiger partial charge in [-0.05, 0) is 49.2 Å². The first-order valence-electron chi connectivity index (χ1n) is 6.81. The third-order valence-corrected chi connectivity index (χ3v) is 3.67. The molecule has 3 rings (SSSR count). The number of fused-ring (bicyclic) bond motifs is 1. The molecule has 0 saturated heterocycles. The summed E-state index contributed by atoms with van der Waals surface area (Å²) in [6.45, 7) is 3.76. The van der Waals surface area contributed by atoms with Crippen molar-refractivity contribution in [2.75, 3.05) is 0 Å². The summed E-state index contributed by atoms with van der Waals surface area (Å²) in [5, 5.41) is 1.01. The molecule has 0 bridgehead atoms. The SMILES string of the molecule is Cc1ccc2oc(C(NN)c3ccc(C)c(F)c3)cc2c1. The molecule has 1 heterocycles. The van der Waals surface area contributed by atoms with E-state index in [-0.39, 0.29) is 11.9 Å². The quantitative estimate of drug-likeness (QED) is 0.569. The third kappa shape index (κ3) is 2.55. The van der Waals surface area contributed by atoms with Gasteiger partial charge < -0.3 is 4.42 Å². The lowest BCUT2D eigenvalue weighted by Crippen LogP contribution is -2.28. The maximum absolute atomic E-state index is 13.7. The van der Waals surface area contributed by atoms with E-state index in [9.17, 15) is 4.39 Å². The standard InChI is InChI=1S/C17H17FN2O/c1-10-3-6-15-13(7-10)9-16(21-15)17(20-19)12-5-4-11(2)14(18)8-12/h3-9,17,20H,19H2,1-2H3. The molecule has 108 valence electrons. The Morgan fingerprint density at radius 3 is 2.62 bits per heavy atom. The minimum atomic E-state index is -0.382. The Labute approximate surface area is 122 Å². The van der Waals surface area contributed by atoms with Gasteiger partial charge in [0.2, 0.25) is 0 Å². The van der Waals surface area contributed by atoms with E-state index in [1.165, 1.54) is 6.07 Å². The second kappa shape index (κ2) is 5.31. The van der Waals surface area contributed by atoms with E-state index in [0.29, 0.717) is 11.3 Å². The van der Waals surface area contributed by atoms with Gasteiger partial charge in [-0.15, -0.1) is 0 Å². The van der Waals surface area contributed by atoms with Crippen molar-refractivity contribution in [3.05, 3.63) is 70.7 Å². The van der Waals surface area contributed by atoms with Gasteiger partial charge >= 0.3 is 0 Å². The van der Waals surface area contributed by atoms with Gasteiger partial charge in [-0.3, -0.25) is 5.84 Å². The molecule has 3 aromatic rings. The van der Waals surface area contributed by atoms with Crippen molar-refractivity contribution >= 4 is 11.0 Å². The fourth-order valence-electron chi connectivity index (χ4n) is 2.46. The molecular weight excluding hydrogens is 267 g/mol. The molecule has 0 fully saturated rings. The Morgan fingerprint density at radius 1 is 1.10 bits per heavy atom. The number of halogens is 1. The van der Waals surface area contributed by atoms with Crippen molar-refractivity contribution in [1.29, 1.82) is 0 Å². The van der Waals surface area contributed by atoms with Gasteiger partial charge in [0.25, 0.3) is 0 Å². The molecule has 0 aliphatic heterocycles. The molecule has 1 unspecified atom stereocenters. The van der Waals surface area contributed by atoms with Gasteiger partial charge in [0, 0.05) is 5.39 Å². The van der Waals surface area contributed by atoms with Crippen molar-refractivity contribution in [3.63, 3.8) is 0 Å². The highest BCUT2D eigenvalue weighted by molar-refractivity contribution is 5.78. The minimum Gasteiger partial charge on any atom is -0.459 e. The van der Waals surface area contributed by atoms with E-state index in [2.05, 4.69) is 5.43 Å². The van der Waals surface area contributed by atoms with Crippen LogP contribution in [0.1, 0.15) is 28.5 Å². The van der Waals surface area contributed by atoms with Gasteiger partial charge in [0.15, 0.2) is 0 Å². The van der Waals surface area contributed by atoms with Crippen LogP contribution in [0.25, 0.3) is 11.0 Å². The van der Waals surface area contributed by atoms with Gasteiger partial charge in [-0.2, -0.15) is 0 Å². The number of benzene rings is 2.